The molecule has 0 spiro atoms. The van der Waals surface area contributed by atoms with Crippen molar-refractivity contribution in [3.8, 4) is 0 Å². The van der Waals surface area contributed by atoms with Gasteiger partial charge in [0.25, 0.3) is 5.79 Å². The summed E-state index contributed by atoms with van der Waals surface area (Å²) in [6, 6.07) is 12.6. The first kappa shape index (κ1) is 19.2. The van der Waals surface area contributed by atoms with Crippen LogP contribution in [0.15, 0.2) is 47.5 Å². The molecule has 1 fully saturated rings. The Morgan fingerprint density at radius 1 is 1.07 bits per heavy atom. The molecule has 1 aliphatic heterocycles. The molecule has 0 saturated carbocycles. The average molecular weight is 387 g/mol. The molecule has 7 heteroatoms. The molecule has 1 aliphatic rings. The summed E-state index contributed by atoms with van der Waals surface area (Å²) in [5.74, 6) is -3.52. The second kappa shape index (κ2) is 7.60. The van der Waals surface area contributed by atoms with Crippen molar-refractivity contribution in [2.45, 2.75) is 37.6 Å². The first-order chi connectivity index (χ1) is 12.8. The van der Waals surface area contributed by atoms with Crippen LogP contribution in [0.3, 0.4) is 0 Å². The topological polar surface area (TPSA) is 74.6 Å². The first-order valence-corrected chi connectivity index (χ1v) is 9.84. The molecule has 0 atom stereocenters. The number of ether oxygens (including phenoxy) is 2. The van der Waals surface area contributed by atoms with Gasteiger partial charge in [-0.15, -0.1) is 11.8 Å². The predicted molar refractivity (Wildman–Crippen MR) is 100 cm³/mol. The summed E-state index contributed by atoms with van der Waals surface area (Å²) in [6.45, 7) is 3.37. The second-order valence-electron chi connectivity index (χ2n) is 6.69. The lowest BCUT2D eigenvalue weighted by Crippen LogP contribution is -2.46. The SMILES string of the molecule is CSc1ccc(C(=O)c2ccccc2)n1CCC1C(=O)OC(C)(C)OC1=O. The zero-order valence-corrected chi connectivity index (χ0v) is 16.2. The Labute approximate surface area is 161 Å². The van der Waals surface area contributed by atoms with Crippen LogP contribution in [0.4, 0.5) is 0 Å². The summed E-state index contributed by atoms with van der Waals surface area (Å²) in [5, 5.41) is 0.882. The largest absolute Gasteiger partial charge is 0.422 e. The van der Waals surface area contributed by atoms with E-state index >= 15 is 0 Å². The molecule has 1 saturated heterocycles. The highest BCUT2D eigenvalue weighted by atomic mass is 32.2. The maximum Gasteiger partial charge on any atom is 0.323 e. The zero-order valence-electron chi connectivity index (χ0n) is 15.4. The Bertz CT molecular complexity index is 852. The number of hydrogen-bond acceptors (Lipinski definition) is 6. The number of esters is 2. The molecule has 2 aromatic rings. The lowest BCUT2D eigenvalue weighted by molar-refractivity contribution is -0.240. The maximum absolute atomic E-state index is 12.8. The molecule has 2 heterocycles. The third-order valence-corrected chi connectivity index (χ3v) is 5.10. The Morgan fingerprint density at radius 2 is 1.70 bits per heavy atom. The highest BCUT2D eigenvalue weighted by molar-refractivity contribution is 7.98. The second-order valence-corrected chi connectivity index (χ2v) is 7.52. The van der Waals surface area contributed by atoms with Gasteiger partial charge in [0.15, 0.2) is 5.92 Å². The number of carbonyl (C=O) groups excluding carboxylic acids is 3. The fraction of sp³-hybridized carbons (Fsp3) is 0.350. The molecular weight excluding hydrogens is 366 g/mol. The molecule has 0 amide bonds. The van der Waals surface area contributed by atoms with Gasteiger partial charge < -0.3 is 14.0 Å². The fourth-order valence-corrected chi connectivity index (χ4v) is 3.65. The maximum atomic E-state index is 12.8. The van der Waals surface area contributed by atoms with Crippen LogP contribution >= 0.6 is 11.8 Å². The van der Waals surface area contributed by atoms with Crippen molar-refractivity contribution in [2.24, 2.45) is 5.92 Å². The highest BCUT2D eigenvalue weighted by Gasteiger charge is 2.43. The van der Waals surface area contributed by atoms with Gasteiger partial charge in [-0.2, -0.15) is 0 Å². The van der Waals surface area contributed by atoms with Crippen LogP contribution < -0.4 is 0 Å². The van der Waals surface area contributed by atoms with E-state index in [1.807, 2.05) is 35.1 Å². The van der Waals surface area contributed by atoms with Crippen LogP contribution in [0, 0.1) is 5.92 Å². The van der Waals surface area contributed by atoms with E-state index in [1.165, 1.54) is 25.6 Å². The number of hydrogen-bond donors (Lipinski definition) is 0. The van der Waals surface area contributed by atoms with E-state index in [0.717, 1.165) is 5.03 Å². The molecule has 0 N–H and O–H groups in total. The Hall–Kier alpha value is -2.54. The van der Waals surface area contributed by atoms with Crippen LogP contribution in [-0.2, 0) is 25.6 Å². The molecule has 3 rings (SSSR count). The third-order valence-electron chi connectivity index (χ3n) is 4.32. The fourth-order valence-electron chi connectivity index (χ4n) is 3.03. The quantitative estimate of drug-likeness (QED) is 0.328. The standard InChI is InChI=1S/C20H21NO5S/c1-20(2)25-18(23)14(19(24)26-20)11-12-21-15(9-10-16(21)27-3)17(22)13-7-5-4-6-8-13/h4-10,14H,11-12H2,1-3H3. The smallest absolute Gasteiger partial charge is 0.323 e. The van der Waals surface area contributed by atoms with E-state index in [0.29, 0.717) is 17.8 Å². The molecule has 27 heavy (non-hydrogen) atoms. The van der Waals surface area contributed by atoms with Gasteiger partial charge in [0.2, 0.25) is 5.78 Å². The summed E-state index contributed by atoms with van der Waals surface area (Å²) < 4.78 is 12.2. The number of aromatic nitrogens is 1. The first-order valence-electron chi connectivity index (χ1n) is 8.61. The summed E-state index contributed by atoms with van der Waals surface area (Å²) in [6.07, 6.45) is 2.11. The highest BCUT2D eigenvalue weighted by Crippen LogP contribution is 2.27. The summed E-state index contributed by atoms with van der Waals surface area (Å²) in [5.41, 5.74) is 1.10. The molecular formula is C20H21NO5S. The van der Waals surface area contributed by atoms with Gasteiger partial charge in [-0.1, -0.05) is 30.3 Å². The van der Waals surface area contributed by atoms with Crippen molar-refractivity contribution in [3.05, 3.63) is 53.7 Å². The molecule has 1 aromatic carbocycles. The van der Waals surface area contributed by atoms with Crippen molar-refractivity contribution in [2.75, 3.05) is 6.26 Å². The number of thioether (sulfide) groups is 1. The Balaban J connectivity index is 1.81. The summed E-state index contributed by atoms with van der Waals surface area (Å²) in [7, 11) is 0. The molecule has 0 unspecified atom stereocenters. The van der Waals surface area contributed by atoms with Crippen molar-refractivity contribution in [1.82, 2.24) is 4.57 Å². The Kier molecular flexibility index (Phi) is 5.41. The van der Waals surface area contributed by atoms with Crippen LogP contribution in [0.2, 0.25) is 0 Å². The van der Waals surface area contributed by atoms with Gasteiger partial charge in [-0.05, 0) is 24.8 Å². The van der Waals surface area contributed by atoms with Crippen LogP contribution in [0.25, 0.3) is 0 Å². The third kappa shape index (κ3) is 4.08. The van der Waals surface area contributed by atoms with Gasteiger partial charge in [-0.25, -0.2) is 0 Å². The normalized spacial score (nSPS) is 16.7. The number of ketones is 1. The lowest BCUT2D eigenvalue weighted by atomic mass is 10.0. The Morgan fingerprint density at radius 3 is 2.30 bits per heavy atom. The predicted octanol–water partition coefficient (Wildman–Crippen LogP) is 3.28. The minimum Gasteiger partial charge on any atom is -0.422 e. The summed E-state index contributed by atoms with van der Waals surface area (Å²) >= 11 is 1.50. The number of nitrogens with zero attached hydrogens (tertiary/aromatic N) is 1. The van der Waals surface area contributed by atoms with E-state index in [4.69, 9.17) is 9.47 Å². The van der Waals surface area contributed by atoms with Gasteiger partial charge in [-0.3, -0.25) is 14.4 Å². The van der Waals surface area contributed by atoms with Crippen molar-refractivity contribution in [1.29, 1.82) is 0 Å². The van der Waals surface area contributed by atoms with Crippen LogP contribution in [-0.4, -0.2) is 34.3 Å². The molecule has 0 aliphatic carbocycles. The number of rotatable bonds is 6. The van der Waals surface area contributed by atoms with Crippen molar-refractivity contribution in [3.63, 3.8) is 0 Å². The minimum atomic E-state index is -1.24. The zero-order chi connectivity index (χ0) is 19.6. The molecule has 142 valence electrons. The number of carbonyl (C=O) groups is 3. The van der Waals surface area contributed by atoms with Crippen LogP contribution in [0.5, 0.6) is 0 Å². The lowest BCUT2D eigenvalue weighted by Gasteiger charge is -2.33. The van der Waals surface area contributed by atoms with E-state index in [9.17, 15) is 14.4 Å². The molecule has 0 radical (unpaired) electrons. The van der Waals surface area contributed by atoms with Crippen molar-refractivity contribution < 1.29 is 23.9 Å². The van der Waals surface area contributed by atoms with Crippen LogP contribution in [0.1, 0.15) is 36.3 Å². The summed E-state index contributed by atoms with van der Waals surface area (Å²) in [4.78, 5) is 37.2. The minimum absolute atomic E-state index is 0.106. The van der Waals surface area contributed by atoms with Crippen molar-refractivity contribution >= 4 is 29.5 Å². The van der Waals surface area contributed by atoms with E-state index in [1.54, 1.807) is 18.2 Å². The van der Waals surface area contributed by atoms with E-state index in [-0.39, 0.29) is 12.2 Å². The van der Waals surface area contributed by atoms with Gasteiger partial charge >= 0.3 is 11.9 Å². The average Bonchev–Trinajstić information content (AvgIpc) is 3.03. The molecule has 1 aromatic heterocycles. The molecule has 6 nitrogen and oxygen atoms in total. The van der Waals surface area contributed by atoms with Gasteiger partial charge in [0, 0.05) is 26.0 Å². The monoisotopic (exact) mass is 387 g/mol. The number of benzene rings is 1. The van der Waals surface area contributed by atoms with Gasteiger partial charge in [0.1, 0.15) is 0 Å². The van der Waals surface area contributed by atoms with E-state index in [2.05, 4.69) is 0 Å². The molecule has 0 bridgehead atoms. The van der Waals surface area contributed by atoms with E-state index < -0.39 is 23.6 Å². The number of cyclic esters (lactones) is 2. The van der Waals surface area contributed by atoms with Gasteiger partial charge in [0.05, 0.1) is 10.7 Å².